The van der Waals surface area contributed by atoms with Gasteiger partial charge in [0.2, 0.25) is 0 Å². The standard InChI is InChI=1S/C45H36N6O9/c1-58-43-22-16-34(17-23-43)46(31-4-10-37(11-5-31)49(52)53)40-28-41(47(35-18-24-44(59-2)25-19-35)32-6-12-38(13-7-32)50(54)55)30-42(29-40)48(36-20-26-45(60-3)27-21-36)33-8-14-39(15-9-33)51(56)57/h4-30H,1-3H3. The Balaban J connectivity index is 1.55. The van der Waals surface area contributed by atoms with Crippen LogP contribution in [0.2, 0.25) is 0 Å². The molecule has 0 atom stereocenters. The van der Waals surface area contributed by atoms with E-state index in [0.29, 0.717) is 68.4 Å². The van der Waals surface area contributed by atoms with Crippen LogP contribution in [0.4, 0.5) is 68.2 Å². The number of hydrogen-bond acceptors (Lipinski definition) is 12. The van der Waals surface area contributed by atoms with Crippen molar-refractivity contribution < 1.29 is 29.0 Å². The topological polar surface area (TPSA) is 167 Å². The van der Waals surface area contributed by atoms with Gasteiger partial charge >= 0.3 is 0 Å². The maximum atomic E-state index is 11.7. The van der Waals surface area contributed by atoms with Crippen LogP contribution in [0.3, 0.4) is 0 Å². The molecule has 0 N–H and O–H groups in total. The number of nitro groups is 3. The molecule has 0 radical (unpaired) electrons. The molecule has 0 saturated heterocycles. The van der Waals surface area contributed by atoms with E-state index >= 15 is 0 Å². The molecule has 300 valence electrons. The third-order valence-electron chi connectivity index (χ3n) is 9.61. The summed E-state index contributed by atoms with van der Waals surface area (Å²) in [6, 6.07) is 46.3. The Morgan fingerprint density at radius 2 is 0.500 bits per heavy atom. The van der Waals surface area contributed by atoms with Gasteiger partial charge in [0.15, 0.2) is 0 Å². The number of hydrogen-bond donors (Lipinski definition) is 0. The number of rotatable bonds is 15. The highest BCUT2D eigenvalue weighted by molar-refractivity contribution is 5.89. The zero-order valence-electron chi connectivity index (χ0n) is 32.4. The third kappa shape index (κ3) is 8.45. The molecule has 0 amide bonds. The Kier molecular flexibility index (Phi) is 11.5. The van der Waals surface area contributed by atoms with Gasteiger partial charge in [-0.3, -0.25) is 30.3 Å². The van der Waals surface area contributed by atoms with Crippen LogP contribution in [0.25, 0.3) is 0 Å². The van der Waals surface area contributed by atoms with E-state index in [1.165, 1.54) is 36.4 Å². The molecule has 15 heteroatoms. The van der Waals surface area contributed by atoms with Gasteiger partial charge in [-0.05, 0) is 127 Å². The van der Waals surface area contributed by atoms with Gasteiger partial charge in [0.05, 0.1) is 53.2 Å². The molecule has 0 bridgehead atoms. The van der Waals surface area contributed by atoms with Crippen LogP contribution in [-0.4, -0.2) is 36.1 Å². The van der Waals surface area contributed by atoms with Gasteiger partial charge in [-0.2, -0.15) is 0 Å². The minimum Gasteiger partial charge on any atom is -0.497 e. The van der Waals surface area contributed by atoms with E-state index in [0.717, 1.165) is 0 Å². The normalized spacial score (nSPS) is 10.7. The fourth-order valence-corrected chi connectivity index (χ4v) is 6.67. The maximum Gasteiger partial charge on any atom is 0.269 e. The summed E-state index contributed by atoms with van der Waals surface area (Å²) in [5.41, 5.74) is 5.36. The van der Waals surface area contributed by atoms with Crippen molar-refractivity contribution in [2.75, 3.05) is 36.0 Å². The summed E-state index contributed by atoms with van der Waals surface area (Å²) in [5.74, 6) is 1.85. The fraction of sp³-hybridized carbons (Fsp3) is 0.0667. The monoisotopic (exact) mass is 804 g/mol. The van der Waals surface area contributed by atoms with Crippen LogP contribution < -0.4 is 28.9 Å². The van der Waals surface area contributed by atoms with Gasteiger partial charge < -0.3 is 28.9 Å². The predicted octanol–water partition coefficient (Wildman–Crippen LogP) is 11.8. The first kappa shape index (κ1) is 39.8. The highest BCUT2D eigenvalue weighted by Gasteiger charge is 2.24. The molecule has 0 aliphatic carbocycles. The van der Waals surface area contributed by atoms with E-state index in [4.69, 9.17) is 14.2 Å². The quantitative estimate of drug-likeness (QED) is 0.0711. The number of anilines is 9. The lowest BCUT2D eigenvalue weighted by atomic mass is 10.1. The van der Waals surface area contributed by atoms with Crippen molar-refractivity contribution in [2.45, 2.75) is 0 Å². The van der Waals surface area contributed by atoms with Gasteiger partial charge in [0, 0.05) is 70.5 Å². The lowest BCUT2D eigenvalue weighted by molar-refractivity contribution is -0.385. The zero-order chi connectivity index (χ0) is 42.3. The van der Waals surface area contributed by atoms with Crippen molar-refractivity contribution in [3.05, 3.63) is 194 Å². The van der Waals surface area contributed by atoms with Gasteiger partial charge in [0.25, 0.3) is 17.1 Å². The highest BCUT2D eigenvalue weighted by Crippen LogP contribution is 2.47. The number of benzene rings is 7. The van der Waals surface area contributed by atoms with Crippen molar-refractivity contribution in [3.8, 4) is 17.2 Å². The Hall–Kier alpha value is -8.46. The van der Waals surface area contributed by atoms with Gasteiger partial charge in [-0.15, -0.1) is 0 Å². The maximum absolute atomic E-state index is 11.7. The summed E-state index contributed by atoms with van der Waals surface area (Å²) in [4.78, 5) is 39.6. The Bertz CT molecular complexity index is 2320. The number of methoxy groups -OCH3 is 3. The largest absolute Gasteiger partial charge is 0.497 e. The first-order valence-electron chi connectivity index (χ1n) is 18.3. The van der Waals surface area contributed by atoms with E-state index in [1.807, 2.05) is 69.3 Å². The summed E-state index contributed by atoms with van der Waals surface area (Å²) < 4.78 is 16.4. The van der Waals surface area contributed by atoms with E-state index < -0.39 is 14.8 Å². The van der Waals surface area contributed by atoms with Crippen LogP contribution in [0.1, 0.15) is 0 Å². The third-order valence-corrected chi connectivity index (χ3v) is 9.61. The van der Waals surface area contributed by atoms with Crippen LogP contribution in [-0.2, 0) is 0 Å². The molecule has 0 fully saturated rings. The van der Waals surface area contributed by atoms with E-state index in [9.17, 15) is 30.3 Å². The van der Waals surface area contributed by atoms with Crippen molar-refractivity contribution in [1.29, 1.82) is 0 Å². The SMILES string of the molecule is COc1ccc(N(c2ccc([N+](=O)[O-])cc2)c2cc(N(c3ccc(OC)cc3)c3ccc([N+](=O)[O-])cc3)cc(N(c3ccc(OC)cc3)c3ccc([N+](=O)[O-])cc3)c2)cc1. The number of nitrogens with zero attached hydrogens (tertiary/aromatic N) is 6. The number of nitro benzene ring substituents is 3. The molecule has 0 aliphatic rings. The minimum atomic E-state index is -0.464. The lowest BCUT2D eigenvalue weighted by Gasteiger charge is -2.33. The van der Waals surface area contributed by atoms with Crippen LogP contribution in [0, 0.1) is 30.3 Å². The summed E-state index contributed by atoms with van der Waals surface area (Å²) in [5, 5.41) is 35.2. The van der Waals surface area contributed by atoms with Crippen LogP contribution in [0.5, 0.6) is 17.2 Å². The molecule has 0 aromatic heterocycles. The molecule has 0 unspecified atom stereocenters. The fourth-order valence-electron chi connectivity index (χ4n) is 6.67. The lowest BCUT2D eigenvalue weighted by Crippen LogP contribution is -2.16. The average molecular weight is 805 g/mol. The van der Waals surface area contributed by atoms with E-state index in [1.54, 1.807) is 94.1 Å². The molecule has 0 aliphatic heterocycles. The van der Waals surface area contributed by atoms with Gasteiger partial charge in [-0.25, -0.2) is 0 Å². The van der Waals surface area contributed by atoms with Crippen LogP contribution in [0.15, 0.2) is 164 Å². The average Bonchev–Trinajstić information content (AvgIpc) is 3.28. The van der Waals surface area contributed by atoms with E-state index in [-0.39, 0.29) is 17.1 Å². The van der Waals surface area contributed by atoms with Gasteiger partial charge in [0.1, 0.15) is 17.2 Å². The van der Waals surface area contributed by atoms with Crippen molar-refractivity contribution in [2.24, 2.45) is 0 Å². The van der Waals surface area contributed by atoms with Crippen molar-refractivity contribution >= 4 is 68.2 Å². The minimum absolute atomic E-state index is 0.0874. The second-order valence-electron chi connectivity index (χ2n) is 13.1. The molecule has 60 heavy (non-hydrogen) atoms. The molecule has 15 nitrogen and oxygen atoms in total. The molecule has 7 rings (SSSR count). The smallest absolute Gasteiger partial charge is 0.269 e. The summed E-state index contributed by atoms with van der Waals surface area (Å²) in [6.45, 7) is 0. The number of ether oxygens (including phenoxy) is 3. The van der Waals surface area contributed by atoms with Gasteiger partial charge in [-0.1, -0.05) is 0 Å². The van der Waals surface area contributed by atoms with Crippen molar-refractivity contribution in [3.63, 3.8) is 0 Å². The Labute approximate surface area is 343 Å². The summed E-state index contributed by atoms with van der Waals surface area (Å²) >= 11 is 0. The molecule has 0 spiro atoms. The second kappa shape index (κ2) is 17.4. The summed E-state index contributed by atoms with van der Waals surface area (Å²) in [7, 11) is 4.70. The van der Waals surface area contributed by atoms with Crippen molar-refractivity contribution in [1.82, 2.24) is 0 Å². The number of non-ortho nitro benzene ring substituents is 3. The second-order valence-corrected chi connectivity index (χ2v) is 13.1. The molecule has 7 aromatic rings. The molecule has 0 saturated carbocycles. The first-order valence-corrected chi connectivity index (χ1v) is 18.3. The van der Waals surface area contributed by atoms with E-state index in [2.05, 4.69) is 0 Å². The molecular formula is C45H36N6O9. The highest BCUT2D eigenvalue weighted by atomic mass is 16.6. The molecule has 7 aromatic carbocycles. The Morgan fingerprint density at radius 3 is 0.667 bits per heavy atom. The Morgan fingerprint density at radius 1 is 0.317 bits per heavy atom. The first-order chi connectivity index (χ1) is 29.1. The summed E-state index contributed by atoms with van der Waals surface area (Å²) in [6.07, 6.45) is 0. The molecule has 0 heterocycles. The predicted molar refractivity (Wildman–Crippen MR) is 230 cm³/mol. The zero-order valence-corrected chi connectivity index (χ0v) is 32.4. The molecular weight excluding hydrogens is 769 g/mol. The van der Waals surface area contributed by atoms with Crippen LogP contribution >= 0.6 is 0 Å².